The van der Waals surface area contributed by atoms with Gasteiger partial charge in [0.1, 0.15) is 11.9 Å². The standard InChI is InChI=1S/C8H2ClF4N/c9-6-1-4(3-14)7(10)2-5(6)8(11,12)13/h1-2H. The van der Waals surface area contributed by atoms with Crippen LogP contribution in [0.3, 0.4) is 0 Å². The summed E-state index contributed by atoms with van der Waals surface area (Å²) in [5.41, 5.74) is -1.79. The summed E-state index contributed by atoms with van der Waals surface area (Å²) in [4.78, 5) is 0. The first-order valence-corrected chi connectivity index (χ1v) is 3.70. The summed E-state index contributed by atoms with van der Waals surface area (Å²) in [7, 11) is 0. The second kappa shape index (κ2) is 3.46. The molecule has 0 heterocycles. The minimum atomic E-state index is -4.72. The Bertz CT molecular complexity index is 405. The molecule has 0 amide bonds. The largest absolute Gasteiger partial charge is 0.417 e. The number of rotatable bonds is 0. The molecule has 0 unspecified atom stereocenters. The molecule has 0 atom stereocenters. The van der Waals surface area contributed by atoms with Crippen molar-refractivity contribution in [1.29, 1.82) is 5.26 Å². The monoisotopic (exact) mass is 223 g/mol. The van der Waals surface area contributed by atoms with Crippen molar-refractivity contribution in [1.82, 2.24) is 0 Å². The number of halogens is 5. The molecule has 1 aromatic carbocycles. The van der Waals surface area contributed by atoms with Gasteiger partial charge < -0.3 is 0 Å². The highest BCUT2D eigenvalue weighted by Crippen LogP contribution is 2.35. The number of benzene rings is 1. The highest BCUT2D eigenvalue weighted by atomic mass is 35.5. The van der Waals surface area contributed by atoms with Gasteiger partial charge >= 0.3 is 6.18 Å². The maximum absolute atomic E-state index is 12.8. The molecule has 1 nitrogen and oxygen atoms in total. The first-order valence-electron chi connectivity index (χ1n) is 3.32. The molecule has 1 aromatic rings. The Morgan fingerprint density at radius 2 is 1.86 bits per heavy atom. The van der Waals surface area contributed by atoms with Gasteiger partial charge in [-0.1, -0.05) is 11.6 Å². The smallest absolute Gasteiger partial charge is 0.206 e. The fraction of sp³-hybridized carbons (Fsp3) is 0.125. The lowest BCUT2D eigenvalue weighted by Crippen LogP contribution is -2.07. The van der Waals surface area contributed by atoms with Gasteiger partial charge in [-0.05, 0) is 12.1 Å². The van der Waals surface area contributed by atoms with Crippen molar-refractivity contribution < 1.29 is 17.6 Å². The third kappa shape index (κ3) is 1.96. The van der Waals surface area contributed by atoms with Crippen molar-refractivity contribution >= 4 is 11.6 Å². The van der Waals surface area contributed by atoms with Gasteiger partial charge in [-0.25, -0.2) is 4.39 Å². The van der Waals surface area contributed by atoms with Gasteiger partial charge in [-0.15, -0.1) is 0 Å². The average Bonchev–Trinajstić information content (AvgIpc) is 2.06. The Balaban J connectivity index is 3.38. The van der Waals surface area contributed by atoms with E-state index < -0.39 is 28.1 Å². The number of hydrogen-bond acceptors (Lipinski definition) is 1. The van der Waals surface area contributed by atoms with Crippen molar-refractivity contribution in [3.05, 3.63) is 34.1 Å². The van der Waals surface area contributed by atoms with Crippen molar-refractivity contribution in [3.63, 3.8) is 0 Å². The second-order valence-corrected chi connectivity index (χ2v) is 2.83. The minimum Gasteiger partial charge on any atom is -0.206 e. The van der Waals surface area contributed by atoms with E-state index in [1.54, 1.807) is 0 Å². The minimum absolute atomic E-state index is 0.209. The molecule has 0 aliphatic heterocycles. The molecule has 0 fully saturated rings. The summed E-state index contributed by atoms with van der Waals surface area (Å²) < 4.78 is 49.2. The predicted molar refractivity (Wildman–Crippen MR) is 41.1 cm³/mol. The van der Waals surface area contributed by atoms with Crippen molar-refractivity contribution in [3.8, 4) is 6.07 Å². The zero-order valence-corrected chi connectivity index (χ0v) is 7.25. The van der Waals surface area contributed by atoms with Gasteiger partial charge in [0, 0.05) is 0 Å². The highest BCUT2D eigenvalue weighted by molar-refractivity contribution is 6.31. The average molecular weight is 224 g/mol. The van der Waals surface area contributed by atoms with Crippen LogP contribution >= 0.6 is 11.6 Å². The normalized spacial score (nSPS) is 11.1. The van der Waals surface area contributed by atoms with Crippen molar-refractivity contribution in [2.75, 3.05) is 0 Å². The molecule has 0 N–H and O–H groups in total. The lowest BCUT2D eigenvalue weighted by molar-refractivity contribution is -0.137. The van der Waals surface area contributed by atoms with E-state index in [-0.39, 0.29) is 6.07 Å². The molecular formula is C8H2ClF4N. The number of nitrogens with zero attached hydrogens (tertiary/aromatic N) is 1. The Kier molecular flexibility index (Phi) is 2.67. The Morgan fingerprint density at radius 1 is 1.29 bits per heavy atom. The molecule has 0 bridgehead atoms. The van der Waals surface area contributed by atoms with Crippen LogP contribution in [0.1, 0.15) is 11.1 Å². The summed E-state index contributed by atoms with van der Waals surface area (Å²) >= 11 is 5.23. The van der Waals surface area contributed by atoms with Crippen LogP contribution < -0.4 is 0 Å². The molecule has 6 heteroatoms. The Morgan fingerprint density at radius 3 is 2.29 bits per heavy atom. The predicted octanol–water partition coefficient (Wildman–Crippen LogP) is 3.37. The van der Waals surface area contributed by atoms with Crippen molar-refractivity contribution in [2.24, 2.45) is 0 Å². The fourth-order valence-corrected chi connectivity index (χ4v) is 1.12. The molecular weight excluding hydrogens is 222 g/mol. The zero-order valence-electron chi connectivity index (χ0n) is 6.49. The highest BCUT2D eigenvalue weighted by Gasteiger charge is 2.34. The summed E-state index contributed by atoms with van der Waals surface area (Å²) in [6, 6.07) is 2.25. The molecule has 0 saturated heterocycles. The molecule has 74 valence electrons. The van der Waals surface area contributed by atoms with E-state index in [0.717, 1.165) is 0 Å². The van der Waals surface area contributed by atoms with Gasteiger partial charge in [0.15, 0.2) is 0 Å². The number of nitriles is 1. The summed E-state index contributed by atoms with van der Waals surface area (Å²) in [6.07, 6.45) is -4.72. The van der Waals surface area contributed by atoms with Crippen LogP contribution in [0.2, 0.25) is 5.02 Å². The summed E-state index contributed by atoms with van der Waals surface area (Å²) in [5.74, 6) is -1.23. The van der Waals surface area contributed by atoms with E-state index in [2.05, 4.69) is 0 Å². The first kappa shape index (κ1) is 10.8. The zero-order chi connectivity index (χ0) is 10.9. The van der Waals surface area contributed by atoms with Crippen molar-refractivity contribution in [2.45, 2.75) is 6.18 Å². The molecule has 14 heavy (non-hydrogen) atoms. The first-order chi connectivity index (χ1) is 6.36. The number of hydrogen-bond donors (Lipinski definition) is 0. The van der Waals surface area contributed by atoms with E-state index >= 15 is 0 Å². The Hall–Kier alpha value is -1.28. The van der Waals surface area contributed by atoms with Gasteiger partial charge in [0.2, 0.25) is 0 Å². The lowest BCUT2D eigenvalue weighted by atomic mass is 10.1. The third-order valence-corrected chi connectivity index (χ3v) is 1.80. The molecule has 0 saturated carbocycles. The summed E-state index contributed by atoms with van der Waals surface area (Å²) in [5, 5.41) is 7.62. The second-order valence-electron chi connectivity index (χ2n) is 2.42. The molecule has 1 rings (SSSR count). The topological polar surface area (TPSA) is 23.8 Å². The third-order valence-electron chi connectivity index (χ3n) is 1.48. The SMILES string of the molecule is N#Cc1cc(Cl)c(C(F)(F)F)cc1F. The van der Waals surface area contributed by atoms with Crippen LogP contribution in [0.4, 0.5) is 17.6 Å². The van der Waals surface area contributed by atoms with E-state index in [9.17, 15) is 17.6 Å². The lowest BCUT2D eigenvalue weighted by Gasteiger charge is -2.08. The van der Waals surface area contributed by atoms with E-state index in [0.29, 0.717) is 6.07 Å². The van der Waals surface area contributed by atoms with Crippen LogP contribution in [0.15, 0.2) is 12.1 Å². The fourth-order valence-electron chi connectivity index (χ4n) is 0.850. The van der Waals surface area contributed by atoms with E-state index in [1.165, 1.54) is 6.07 Å². The van der Waals surface area contributed by atoms with Crippen LogP contribution in [0.5, 0.6) is 0 Å². The van der Waals surface area contributed by atoms with Gasteiger partial charge in [-0.2, -0.15) is 18.4 Å². The van der Waals surface area contributed by atoms with Gasteiger partial charge in [0.05, 0.1) is 16.1 Å². The maximum atomic E-state index is 12.8. The van der Waals surface area contributed by atoms with E-state index in [4.69, 9.17) is 16.9 Å². The summed E-state index contributed by atoms with van der Waals surface area (Å²) in [6.45, 7) is 0. The van der Waals surface area contributed by atoms with Crippen LogP contribution in [0, 0.1) is 17.1 Å². The quantitative estimate of drug-likeness (QED) is 0.619. The molecule has 0 spiro atoms. The van der Waals surface area contributed by atoms with Crippen LogP contribution in [-0.2, 0) is 6.18 Å². The molecule has 0 aliphatic carbocycles. The molecule has 0 aliphatic rings. The number of alkyl halides is 3. The van der Waals surface area contributed by atoms with E-state index in [1.807, 2.05) is 0 Å². The Labute approximate surface area is 81.5 Å². The van der Waals surface area contributed by atoms with Gasteiger partial charge in [0.25, 0.3) is 0 Å². The van der Waals surface area contributed by atoms with Gasteiger partial charge in [-0.3, -0.25) is 0 Å². The maximum Gasteiger partial charge on any atom is 0.417 e. The van der Waals surface area contributed by atoms with Crippen LogP contribution in [-0.4, -0.2) is 0 Å². The molecule has 0 radical (unpaired) electrons. The van der Waals surface area contributed by atoms with Crippen LogP contribution in [0.25, 0.3) is 0 Å². The molecule has 0 aromatic heterocycles.